The molecule has 4 rings (SSSR count). The largest absolute Gasteiger partial charge is 0.493 e. The van der Waals surface area contributed by atoms with Crippen LogP contribution in [0.4, 0.5) is 5.69 Å². The van der Waals surface area contributed by atoms with Crippen LogP contribution in [0.3, 0.4) is 0 Å². The number of aromatic nitrogens is 1. The number of hydrogen-bond donors (Lipinski definition) is 3. The molecule has 3 amide bonds. The lowest BCUT2D eigenvalue weighted by molar-refractivity contribution is -0.136. The van der Waals surface area contributed by atoms with Crippen molar-refractivity contribution in [1.82, 2.24) is 9.99 Å². The number of halogens is 3. The molecule has 0 unspecified atom stereocenters. The van der Waals surface area contributed by atoms with Crippen molar-refractivity contribution in [3.63, 3.8) is 0 Å². The maximum atomic E-state index is 13.2. The Labute approximate surface area is 242 Å². The Morgan fingerprint density at radius 3 is 2.28 bits per heavy atom. The number of nitrogens with zero attached hydrogens (tertiary/aromatic N) is 1. The van der Waals surface area contributed by atoms with Gasteiger partial charge in [0.2, 0.25) is 0 Å². The molecule has 1 aromatic heterocycles. The molecule has 0 aliphatic rings. The van der Waals surface area contributed by atoms with Crippen molar-refractivity contribution >= 4 is 73.4 Å². The van der Waals surface area contributed by atoms with Gasteiger partial charge in [0.05, 0.1) is 19.7 Å². The summed E-state index contributed by atoms with van der Waals surface area (Å²) in [7, 11) is 3.08. The first kappa shape index (κ1) is 28.3. The SMILES string of the molecule is COc1ccc(CCNC(=O)C(=O)Nn2c(C(=O)Nc3cc(Cl)cc(Cl)c3)cc3cc(Br)ccc32)cc1OC. The first-order chi connectivity index (χ1) is 18.7. The van der Waals surface area contributed by atoms with E-state index in [0.29, 0.717) is 44.6 Å². The van der Waals surface area contributed by atoms with Crippen molar-refractivity contribution in [3.8, 4) is 11.5 Å². The maximum absolute atomic E-state index is 13.2. The van der Waals surface area contributed by atoms with E-state index in [4.69, 9.17) is 32.7 Å². The predicted molar refractivity (Wildman–Crippen MR) is 155 cm³/mol. The Balaban J connectivity index is 1.49. The molecule has 12 heteroatoms. The quantitative estimate of drug-likeness (QED) is 0.225. The van der Waals surface area contributed by atoms with E-state index < -0.39 is 17.7 Å². The van der Waals surface area contributed by atoms with Gasteiger partial charge >= 0.3 is 11.8 Å². The zero-order chi connectivity index (χ0) is 28.1. The number of carbonyl (C=O) groups excluding carboxylic acids is 3. The Morgan fingerprint density at radius 1 is 0.872 bits per heavy atom. The number of anilines is 1. The first-order valence-electron chi connectivity index (χ1n) is 11.6. The van der Waals surface area contributed by atoms with E-state index in [1.165, 1.54) is 17.9 Å². The van der Waals surface area contributed by atoms with E-state index in [0.717, 1.165) is 10.0 Å². The second-order valence-electron chi connectivity index (χ2n) is 8.32. The number of ether oxygens (including phenoxy) is 2. The average Bonchev–Trinajstić information content (AvgIpc) is 3.25. The molecular formula is C27H23BrCl2N4O5. The van der Waals surface area contributed by atoms with Gasteiger partial charge in [-0.2, -0.15) is 0 Å². The molecule has 1 heterocycles. The molecule has 3 aromatic carbocycles. The standard InChI is InChI=1S/C27H23BrCl2N4O5/c1-38-23-6-3-15(9-24(23)39-2)7-8-31-26(36)27(37)33-34-21-5-4-17(28)10-16(21)11-22(34)25(35)32-20-13-18(29)12-19(30)14-20/h3-6,9-14H,7-8H2,1-2H3,(H,31,36)(H,32,35)(H,33,37). The number of rotatable bonds is 8. The third-order valence-electron chi connectivity index (χ3n) is 5.68. The van der Waals surface area contributed by atoms with Gasteiger partial charge in [-0.05, 0) is 66.6 Å². The van der Waals surface area contributed by atoms with Crippen LogP contribution in [-0.4, -0.2) is 43.2 Å². The molecule has 0 saturated carbocycles. The number of nitrogens with one attached hydrogen (secondary N) is 3. The third-order valence-corrected chi connectivity index (χ3v) is 6.61. The molecule has 202 valence electrons. The molecule has 4 aromatic rings. The fraction of sp³-hybridized carbons (Fsp3) is 0.148. The van der Waals surface area contributed by atoms with E-state index in [9.17, 15) is 14.4 Å². The predicted octanol–water partition coefficient (Wildman–Crippen LogP) is 5.41. The van der Waals surface area contributed by atoms with Gasteiger partial charge in [-0.25, -0.2) is 4.68 Å². The molecule has 0 bridgehead atoms. The fourth-order valence-electron chi connectivity index (χ4n) is 3.88. The van der Waals surface area contributed by atoms with Crippen LogP contribution in [0, 0.1) is 0 Å². The second-order valence-corrected chi connectivity index (χ2v) is 10.1. The molecule has 0 fully saturated rings. The summed E-state index contributed by atoms with van der Waals surface area (Å²) in [4.78, 5) is 38.6. The molecule has 0 saturated heterocycles. The van der Waals surface area contributed by atoms with Crippen molar-refractivity contribution in [2.24, 2.45) is 0 Å². The lowest BCUT2D eigenvalue weighted by Gasteiger charge is -2.13. The number of fused-ring (bicyclic) bond motifs is 1. The van der Waals surface area contributed by atoms with Gasteiger partial charge in [-0.15, -0.1) is 0 Å². The minimum Gasteiger partial charge on any atom is -0.493 e. The highest BCUT2D eigenvalue weighted by Gasteiger charge is 2.21. The fourth-order valence-corrected chi connectivity index (χ4v) is 4.79. The van der Waals surface area contributed by atoms with Crippen LogP contribution in [0.15, 0.2) is 65.1 Å². The monoisotopic (exact) mass is 632 g/mol. The van der Waals surface area contributed by atoms with E-state index in [1.54, 1.807) is 55.6 Å². The van der Waals surface area contributed by atoms with E-state index >= 15 is 0 Å². The van der Waals surface area contributed by atoms with Crippen molar-refractivity contribution in [3.05, 3.63) is 86.4 Å². The number of carbonyl (C=O) groups is 3. The van der Waals surface area contributed by atoms with Crippen molar-refractivity contribution in [2.45, 2.75) is 6.42 Å². The molecule has 0 spiro atoms. The summed E-state index contributed by atoms with van der Waals surface area (Å²) in [5, 5.41) is 6.67. The third kappa shape index (κ3) is 6.83. The van der Waals surface area contributed by atoms with Crippen molar-refractivity contribution < 1.29 is 23.9 Å². The van der Waals surface area contributed by atoms with Crippen LogP contribution < -0.4 is 25.5 Å². The van der Waals surface area contributed by atoms with Gasteiger partial charge in [0.1, 0.15) is 5.69 Å². The van der Waals surface area contributed by atoms with Crippen molar-refractivity contribution in [2.75, 3.05) is 31.5 Å². The lowest BCUT2D eigenvalue weighted by Crippen LogP contribution is -2.40. The van der Waals surface area contributed by atoms with Gasteiger partial charge in [-0.1, -0.05) is 45.2 Å². The number of methoxy groups -OCH3 is 2. The highest BCUT2D eigenvalue weighted by atomic mass is 79.9. The minimum absolute atomic E-state index is 0.0886. The topological polar surface area (TPSA) is 111 Å². The summed E-state index contributed by atoms with van der Waals surface area (Å²) in [5.41, 5.74) is 4.38. The van der Waals surface area contributed by atoms with Crippen LogP contribution in [0.25, 0.3) is 10.9 Å². The normalized spacial score (nSPS) is 10.7. The maximum Gasteiger partial charge on any atom is 0.328 e. The molecular weight excluding hydrogens is 611 g/mol. The number of amides is 3. The zero-order valence-electron chi connectivity index (χ0n) is 20.8. The molecule has 0 atom stereocenters. The molecule has 0 aliphatic heterocycles. The van der Waals surface area contributed by atoms with Crippen LogP contribution in [0.1, 0.15) is 16.1 Å². The molecule has 39 heavy (non-hydrogen) atoms. The van der Waals surface area contributed by atoms with Gasteiger partial charge in [0, 0.05) is 32.1 Å². The number of benzene rings is 3. The molecule has 0 aliphatic carbocycles. The van der Waals surface area contributed by atoms with E-state index in [2.05, 4.69) is 32.0 Å². The zero-order valence-corrected chi connectivity index (χ0v) is 23.9. The highest BCUT2D eigenvalue weighted by Crippen LogP contribution is 2.28. The molecule has 0 radical (unpaired) electrons. The molecule has 3 N–H and O–H groups in total. The average molecular weight is 634 g/mol. The van der Waals surface area contributed by atoms with Crippen LogP contribution in [0.2, 0.25) is 10.0 Å². The summed E-state index contributed by atoms with van der Waals surface area (Å²) >= 11 is 15.5. The van der Waals surface area contributed by atoms with Crippen LogP contribution in [0.5, 0.6) is 11.5 Å². The van der Waals surface area contributed by atoms with Crippen LogP contribution >= 0.6 is 39.1 Å². The van der Waals surface area contributed by atoms with Gasteiger partial charge in [-0.3, -0.25) is 19.8 Å². The lowest BCUT2D eigenvalue weighted by atomic mass is 10.1. The smallest absolute Gasteiger partial charge is 0.328 e. The number of hydrogen-bond acceptors (Lipinski definition) is 5. The highest BCUT2D eigenvalue weighted by molar-refractivity contribution is 9.10. The van der Waals surface area contributed by atoms with Gasteiger partial charge in [0.25, 0.3) is 5.91 Å². The van der Waals surface area contributed by atoms with E-state index in [-0.39, 0.29) is 12.2 Å². The summed E-state index contributed by atoms with van der Waals surface area (Å²) in [6.45, 7) is 0.198. The Kier molecular flexibility index (Phi) is 9.01. The van der Waals surface area contributed by atoms with Gasteiger partial charge < -0.3 is 20.1 Å². The Morgan fingerprint density at radius 2 is 1.59 bits per heavy atom. The van der Waals surface area contributed by atoms with E-state index in [1.807, 2.05) is 6.07 Å². The van der Waals surface area contributed by atoms with Gasteiger partial charge in [0.15, 0.2) is 11.5 Å². The Bertz CT molecular complexity index is 1550. The van der Waals surface area contributed by atoms with Crippen LogP contribution in [-0.2, 0) is 16.0 Å². The summed E-state index contributed by atoms with van der Waals surface area (Å²) in [5.74, 6) is -1.19. The molecule has 9 nitrogen and oxygen atoms in total. The summed E-state index contributed by atoms with van der Waals surface area (Å²) in [6.07, 6.45) is 0.454. The second kappa shape index (κ2) is 12.4. The Hall–Kier alpha value is -3.73. The van der Waals surface area contributed by atoms with Crippen molar-refractivity contribution in [1.29, 1.82) is 0 Å². The summed E-state index contributed by atoms with van der Waals surface area (Å²) in [6, 6.07) is 16.9. The first-order valence-corrected chi connectivity index (χ1v) is 13.1. The summed E-state index contributed by atoms with van der Waals surface area (Å²) < 4.78 is 12.6. The minimum atomic E-state index is -0.942.